The molecule has 1 aromatic carbocycles. The Morgan fingerprint density at radius 2 is 2.17 bits per heavy atom. The monoisotopic (exact) mass is 390 g/mol. The quantitative estimate of drug-likeness (QED) is 0.791. The first-order valence-electron chi connectivity index (χ1n) is 7.27. The topological polar surface area (TPSA) is 49.4 Å². The maximum Gasteiger partial charge on any atom is 0.248 e. The minimum absolute atomic E-state index is 0.136. The maximum atomic E-state index is 12.0. The standard InChI is InChI=1S/C17H15BrN2O2S/c18-15-8-6-14(23-15)7-9-16(21)19-12-3-1-4-13(11-12)20-10-2-5-17(20)22/h1,3-4,6-9,11H,2,5,10H2,(H,19,21)/b9-7+. The number of rotatable bonds is 4. The second kappa shape index (κ2) is 7.10. The molecular formula is C17H15BrN2O2S. The molecule has 6 heteroatoms. The molecule has 1 saturated heterocycles. The van der Waals surface area contributed by atoms with Crippen LogP contribution in [0, 0.1) is 0 Å². The second-order valence-electron chi connectivity index (χ2n) is 5.16. The van der Waals surface area contributed by atoms with E-state index in [1.165, 1.54) is 6.08 Å². The molecule has 0 atom stereocenters. The summed E-state index contributed by atoms with van der Waals surface area (Å²) in [7, 11) is 0. The van der Waals surface area contributed by atoms with E-state index in [0.29, 0.717) is 12.1 Å². The lowest BCUT2D eigenvalue weighted by molar-refractivity contribution is -0.117. The van der Waals surface area contributed by atoms with Crippen LogP contribution in [0.1, 0.15) is 17.7 Å². The summed E-state index contributed by atoms with van der Waals surface area (Å²) in [4.78, 5) is 26.6. The molecule has 4 nitrogen and oxygen atoms in total. The lowest BCUT2D eigenvalue weighted by Crippen LogP contribution is -2.23. The predicted octanol–water partition coefficient (Wildman–Crippen LogP) is 4.29. The van der Waals surface area contributed by atoms with Crippen LogP contribution < -0.4 is 10.2 Å². The molecule has 0 saturated carbocycles. The van der Waals surface area contributed by atoms with E-state index >= 15 is 0 Å². The van der Waals surface area contributed by atoms with Crippen LogP contribution in [0.25, 0.3) is 6.08 Å². The molecule has 0 spiro atoms. The fourth-order valence-electron chi connectivity index (χ4n) is 2.43. The molecule has 23 heavy (non-hydrogen) atoms. The Labute approximate surface area is 146 Å². The maximum absolute atomic E-state index is 12.0. The minimum atomic E-state index is -0.195. The van der Waals surface area contributed by atoms with Gasteiger partial charge in [0.15, 0.2) is 0 Å². The molecule has 2 amide bonds. The van der Waals surface area contributed by atoms with Crippen molar-refractivity contribution in [2.45, 2.75) is 12.8 Å². The zero-order valence-corrected chi connectivity index (χ0v) is 14.7. The van der Waals surface area contributed by atoms with Gasteiger partial charge in [-0.15, -0.1) is 11.3 Å². The van der Waals surface area contributed by atoms with Gasteiger partial charge in [-0.1, -0.05) is 6.07 Å². The average molecular weight is 391 g/mol. The highest BCUT2D eigenvalue weighted by Crippen LogP contribution is 2.25. The molecule has 1 aliphatic heterocycles. The summed E-state index contributed by atoms with van der Waals surface area (Å²) in [6.45, 7) is 0.739. The van der Waals surface area contributed by atoms with Gasteiger partial charge in [0, 0.05) is 35.3 Å². The number of carbonyl (C=O) groups excluding carboxylic acids is 2. The molecule has 0 bridgehead atoms. The first-order valence-corrected chi connectivity index (χ1v) is 8.87. The molecule has 2 aromatic rings. The zero-order valence-electron chi connectivity index (χ0n) is 12.3. The third-order valence-corrected chi connectivity index (χ3v) is 5.08. The third-order valence-electron chi connectivity index (χ3n) is 3.49. The highest BCUT2D eigenvalue weighted by molar-refractivity contribution is 9.11. The number of thiophene rings is 1. The minimum Gasteiger partial charge on any atom is -0.322 e. The van der Waals surface area contributed by atoms with Crippen LogP contribution in [0.15, 0.2) is 46.3 Å². The molecule has 0 aliphatic carbocycles. The van der Waals surface area contributed by atoms with Gasteiger partial charge in [0.2, 0.25) is 11.8 Å². The number of amides is 2. The van der Waals surface area contributed by atoms with Crippen molar-refractivity contribution >= 4 is 56.5 Å². The number of benzene rings is 1. The molecule has 0 radical (unpaired) electrons. The number of halogens is 1. The largest absolute Gasteiger partial charge is 0.322 e. The smallest absolute Gasteiger partial charge is 0.248 e. The summed E-state index contributed by atoms with van der Waals surface area (Å²) < 4.78 is 1.03. The molecular weight excluding hydrogens is 376 g/mol. The summed E-state index contributed by atoms with van der Waals surface area (Å²) in [6.07, 6.45) is 4.76. The van der Waals surface area contributed by atoms with E-state index in [1.54, 1.807) is 22.3 Å². The molecule has 2 heterocycles. The lowest BCUT2D eigenvalue weighted by atomic mass is 10.2. The van der Waals surface area contributed by atoms with Gasteiger partial charge in [0.25, 0.3) is 0 Å². The van der Waals surface area contributed by atoms with E-state index in [2.05, 4.69) is 21.2 Å². The van der Waals surface area contributed by atoms with Gasteiger partial charge in [-0.25, -0.2) is 0 Å². The van der Waals surface area contributed by atoms with Crippen molar-refractivity contribution in [1.82, 2.24) is 0 Å². The van der Waals surface area contributed by atoms with Crippen molar-refractivity contribution < 1.29 is 9.59 Å². The van der Waals surface area contributed by atoms with Gasteiger partial charge in [0.05, 0.1) is 3.79 Å². The summed E-state index contributed by atoms with van der Waals surface area (Å²) in [5.74, 6) is -0.0592. The second-order valence-corrected chi connectivity index (χ2v) is 7.66. The van der Waals surface area contributed by atoms with E-state index < -0.39 is 0 Å². The highest BCUT2D eigenvalue weighted by atomic mass is 79.9. The van der Waals surface area contributed by atoms with E-state index in [9.17, 15) is 9.59 Å². The van der Waals surface area contributed by atoms with E-state index in [1.807, 2.05) is 36.4 Å². The van der Waals surface area contributed by atoms with E-state index in [-0.39, 0.29) is 11.8 Å². The highest BCUT2D eigenvalue weighted by Gasteiger charge is 2.21. The van der Waals surface area contributed by atoms with Crippen LogP contribution >= 0.6 is 27.3 Å². The normalized spacial score (nSPS) is 14.7. The molecule has 1 aromatic heterocycles. The van der Waals surface area contributed by atoms with Gasteiger partial charge in [-0.05, 0) is 58.8 Å². The molecule has 1 aliphatic rings. The van der Waals surface area contributed by atoms with E-state index in [0.717, 1.165) is 27.3 Å². The van der Waals surface area contributed by atoms with Gasteiger partial charge >= 0.3 is 0 Å². The van der Waals surface area contributed by atoms with Crippen molar-refractivity contribution in [2.24, 2.45) is 0 Å². The van der Waals surface area contributed by atoms with Crippen molar-refractivity contribution in [1.29, 1.82) is 0 Å². The Hall–Kier alpha value is -1.92. The number of nitrogens with one attached hydrogen (secondary N) is 1. The van der Waals surface area contributed by atoms with Crippen molar-refractivity contribution in [3.8, 4) is 0 Å². The average Bonchev–Trinajstić information content (AvgIpc) is 3.14. The summed E-state index contributed by atoms with van der Waals surface area (Å²) in [5, 5.41) is 2.83. The van der Waals surface area contributed by atoms with Crippen LogP contribution in [0.4, 0.5) is 11.4 Å². The first kappa shape index (κ1) is 16.0. The van der Waals surface area contributed by atoms with Gasteiger partial charge in [0.1, 0.15) is 0 Å². The summed E-state index contributed by atoms with van der Waals surface area (Å²) >= 11 is 4.95. The Morgan fingerprint density at radius 1 is 1.30 bits per heavy atom. The molecule has 118 valence electrons. The van der Waals surface area contributed by atoms with E-state index in [4.69, 9.17) is 0 Å². The van der Waals surface area contributed by atoms with Gasteiger partial charge in [-0.3, -0.25) is 9.59 Å². The molecule has 0 unspecified atom stereocenters. The lowest BCUT2D eigenvalue weighted by Gasteiger charge is -2.16. The zero-order chi connectivity index (χ0) is 16.2. The van der Waals surface area contributed by atoms with Crippen LogP contribution in [0.3, 0.4) is 0 Å². The Morgan fingerprint density at radius 3 is 2.87 bits per heavy atom. The Kier molecular flexibility index (Phi) is 4.93. The Bertz CT molecular complexity index is 769. The number of hydrogen-bond donors (Lipinski definition) is 1. The Balaban J connectivity index is 1.66. The van der Waals surface area contributed by atoms with Crippen molar-refractivity contribution in [3.05, 3.63) is 51.1 Å². The summed E-state index contributed by atoms with van der Waals surface area (Å²) in [6, 6.07) is 11.3. The number of anilines is 2. The number of carbonyl (C=O) groups is 2. The first-order chi connectivity index (χ1) is 11.1. The molecule has 3 rings (SSSR count). The van der Waals surface area contributed by atoms with Gasteiger partial charge < -0.3 is 10.2 Å². The third kappa shape index (κ3) is 4.09. The summed E-state index contributed by atoms with van der Waals surface area (Å²) in [5.41, 5.74) is 1.51. The van der Waals surface area contributed by atoms with Crippen molar-refractivity contribution in [2.75, 3.05) is 16.8 Å². The van der Waals surface area contributed by atoms with Gasteiger partial charge in [-0.2, -0.15) is 0 Å². The molecule has 1 N–H and O–H groups in total. The SMILES string of the molecule is O=C(/C=C/c1ccc(Br)s1)Nc1cccc(N2CCCC2=O)c1. The predicted molar refractivity (Wildman–Crippen MR) is 97.7 cm³/mol. The van der Waals surface area contributed by atoms with Crippen LogP contribution in [0.5, 0.6) is 0 Å². The number of nitrogens with zero attached hydrogens (tertiary/aromatic N) is 1. The van der Waals surface area contributed by atoms with Crippen LogP contribution in [0.2, 0.25) is 0 Å². The molecule has 1 fully saturated rings. The van der Waals surface area contributed by atoms with Crippen molar-refractivity contribution in [3.63, 3.8) is 0 Å². The fourth-order valence-corrected chi connectivity index (χ4v) is 3.76. The van der Waals surface area contributed by atoms with Crippen LogP contribution in [-0.2, 0) is 9.59 Å². The number of hydrogen-bond acceptors (Lipinski definition) is 3. The van der Waals surface area contributed by atoms with Crippen LogP contribution in [-0.4, -0.2) is 18.4 Å². The fraction of sp³-hybridized carbons (Fsp3) is 0.176.